The van der Waals surface area contributed by atoms with Crippen molar-refractivity contribution in [1.82, 2.24) is 4.90 Å². The average Bonchev–Trinajstić information content (AvgIpc) is 3.41. The van der Waals surface area contributed by atoms with Gasteiger partial charge in [-0.05, 0) is 52.5 Å². The molecule has 1 fully saturated rings. The molecule has 0 radical (unpaired) electrons. The van der Waals surface area contributed by atoms with E-state index in [2.05, 4.69) is 36.9 Å². The van der Waals surface area contributed by atoms with Gasteiger partial charge in [-0.15, -0.1) is 24.0 Å². The number of hydrogen-bond acceptors (Lipinski definition) is 6. The summed E-state index contributed by atoms with van der Waals surface area (Å²) in [4.78, 5) is 15.9. The number of rotatable bonds is 4. The van der Waals surface area contributed by atoms with Crippen molar-refractivity contribution in [2.45, 2.75) is 36.1 Å². The van der Waals surface area contributed by atoms with Crippen LogP contribution in [0.4, 0.5) is 0 Å². The normalized spacial score (nSPS) is 16.5. The fraction of sp³-hybridized carbons (Fsp3) is 0.292. The Labute approximate surface area is 197 Å². The molecule has 3 aromatic rings. The van der Waals surface area contributed by atoms with Gasteiger partial charge in [-0.3, -0.25) is 4.79 Å². The number of benzene rings is 2. The van der Waals surface area contributed by atoms with Crippen molar-refractivity contribution in [2.75, 3.05) is 13.1 Å². The molecule has 3 heterocycles. The van der Waals surface area contributed by atoms with E-state index in [4.69, 9.17) is 10.4 Å². The molecule has 0 unspecified atom stereocenters. The summed E-state index contributed by atoms with van der Waals surface area (Å²) in [6.07, 6.45) is 1.90. The molecule has 0 saturated carbocycles. The van der Waals surface area contributed by atoms with Gasteiger partial charge in [0.15, 0.2) is 0 Å². The summed E-state index contributed by atoms with van der Waals surface area (Å²) in [7, 11) is -0.889. The monoisotopic (exact) mass is 464 g/mol. The maximum atomic E-state index is 13.2. The van der Waals surface area contributed by atoms with Crippen molar-refractivity contribution in [3.8, 4) is 11.1 Å². The number of likely N-dealkylation sites (tertiary alicyclic amines) is 1. The van der Waals surface area contributed by atoms with Gasteiger partial charge < -0.3 is 20.3 Å². The third kappa shape index (κ3) is 4.02. The molecule has 8 heteroatoms. The zero-order valence-electron chi connectivity index (χ0n) is 17.7. The highest BCUT2D eigenvalue weighted by atomic mass is 32.2. The molecule has 32 heavy (non-hydrogen) atoms. The largest absolute Gasteiger partial charge is 0.491 e. The summed E-state index contributed by atoms with van der Waals surface area (Å²) in [5.41, 5.74) is 11.9. The minimum atomic E-state index is -0.889. The van der Waals surface area contributed by atoms with E-state index >= 15 is 0 Å². The van der Waals surface area contributed by atoms with E-state index in [1.54, 1.807) is 0 Å². The third-order valence-electron chi connectivity index (χ3n) is 6.52. The van der Waals surface area contributed by atoms with Crippen LogP contribution in [0.1, 0.15) is 45.1 Å². The maximum Gasteiger partial charge on any atom is 0.491 e. The minimum Gasteiger partial charge on any atom is -0.423 e. The Morgan fingerprint density at radius 2 is 1.97 bits per heavy atom. The fourth-order valence-electron chi connectivity index (χ4n) is 4.73. The number of hydrogen-bond donors (Lipinski definition) is 3. The topological polar surface area (TPSA) is 75.8 Å². The Morgan fingerprint density at radius 1 is 1.19 bits per heavy atom. The van der Waals surface area contributed by atoms with Crippen molar-refractivity contribution in [3.05, 3.63) is 70.1 Å². The molecule has 2 aromatic carbocycles. The molecule has 5 nitrogen and oxygen atoms in total. The van der Waals surface area contributed by atoms with Crippen LogP contribution in [0.2, 0.25) is 0 Å². The number of thiophene rings is 1. The van der Waals surface area contributed by atoms with Crippen LogP contribution in [-0.4, -0.2) is 36.0 Å². The highest BCUT2D eigenvalue weighted by Gasteiger charge is 2.31. The third-order valence-corrected chi connectivity index (χ3v) is 7.96. The number of thiol groups is 1. The quantitative estimate of drug-likeness (QED) is 0.409. The van der Waals surface area contributed by atoms with Gasteiger partial charge in [0.05, 0.1) is 15.7 Å². The van der Waals surface area contributed by atoms with Gasteiger partial charge >= 0.3 is 7.12 Å². The first kappa shape index (κ1) is 21.7. The molecule has 1 aromatic heterocycles. The van der Waals surface area contributed by atoms with Gasteiger partial charge in [-0.25, -0.2) is 0 Å². The van der Waals surface area contributed by atoms with Crippen LogP contribution in [0.25, 0.3) is 11.1 Å². The SMILES string of the molecule is NCc1cccc(C2CCN(C(=O)c3cc(-c4cccc5c4COB5O)c(S)s3)CC2)c1. The second-order valence-corrected chi connectivity index (χ2v) is 10.2. The molecule has 5 rings (SSSR count). The van der Waals surface area contributed by atoms with E-state index in [9.17, 15) is 9.82 Å². The molecular formula is C24H25BN2O3S2. The number of fused-ring (bicyclic) bond motifs is 1. The maximum absolute atomic E-state index is 13.2. The fourth-order valence-corrected chi connectivity index (χ4v) is 6.09. The first-order valence-corrected chi connectivity index (χ1v) is 12.1. The zero-order chi connectivity index (χ0) is 22.2. The molecule has 2 aliphatic heterocycles. The summed E-state index contributed by atoms with van der Waals surface area (Å²) in [6.45, 7) is 2.39. The number of nitrogens with zero attached hydrogens (tertiary/aromatic N) is 1. The first-order valence-electron chi connectivity index (χ1n) is 10.9. The molecule has 0 spiro atoms. The van der Waals surface area contributed by atoms with Crippen LogP contribution in [0.5, 0.6) is 0 Å². The van der Waals surface area contributed by atoms with Gasteiger partial charge in [0.1, 0.15) is 0 Å². The van der Waals surface area contributed by atoms with Crippen molar-refractivity contribution >= 4 is 42.5 Å². The summed E-state index contributed by atoms with van der Waals surface area (Å²) >= 11 is 6.08. The first-order chi connectivity index (χ1) is 15.5. The number of amides is 1. The second-order valence-electron chi connectivity index (χ2n) is 8.38. The molecule has 3 N–H and O–H groups in total. The predicted molar refractivity (Wildman–Crippen MR) is 132 cm³/mol. The summed E-state index contributed by atoms with van der Waals surface area (Å²) in [5.74, 6) is 0.526. The van der Waals surface area contributed by atoms with E-state index in [0.717, 1.165) is 57.9 Å². The number of carbonyl (C=O) groups excluding carboxylic acids is 1. The van der Waals surface area contributed by atoms with Gasteiger partial charge in [-0.2, -0.15) is 0 Å². The Hall–Kier alpha value is -2.10. The molecule has 164 valence electrons. The average molecular weight is 464 g/mol. The lowest BCUT2D eigenvalue weighted by Gasteiger charge is -2.32. The van der Waals surface area contributed by atoms with Crippen LogP contribution >= 0.6 is 24.0 Å². The lowest BCUT2D eigenvalue weighted by Crippen LogP contribution is -2.37. The lowest BCUT2D eigenvalue weighted by molar-refractivity contribution is 0.0718. The van der Waals surface area contributed by atoms with Crippen LogP contribution in [0, 0.1) is 0 Å². The Morgan fingerprint density at radius 3 is 2.75 bits per heavy atom. The van der Waals surface area contributed by atoms with Crippen LogP contribution in [0.3, 0.4) is 0 Å². The van der Waals surface area contributed by atoms with E-state index in [0.29, 0.717) is 23.9 Å². The molecule has 2 aliphatic rings. The molecule has 0 aliphatic carbocycles. The summed E-state index contributed by atoms with van der Waals surface area (Å²) in [6, 6.07) is 16.2. The van der Waals surface area contributed by atoms with Gasteiger partial charge in [0, 0.05) is 25.2 Å². The number of piperidine rings is 1. The van der Waals surface area contributed by atoms with Crippen LogP contribution in [0.15, 0.2) is 52.7 Å². The molecule has 0 atom stereocenters. The highest BCUT2D eigenvalue weighted by molar-refractivity contribution is 7.83. The number of carbonyl (C=O) groups is 1. The van der Waals surface area contributed by atoms with E-state index < -0.39 is 7.12 Å². The van der Waals surface area contributed by atoms with Gasteiger partial charge in [0.25, 0.3) is 5.91 Å². The minimum absolute atomic E-state index is 0.0644. The smallest absolute Gasteiger partial charge is 0.423 e. The molecule has 1 saturated heterocycles. The van der Waals surface area contributed by atoms with E-state index in [1.807, 2.05) is 29.2 Å². The van der Waals surface area contributed by atoms with E-state index in [-0.39, 0.29) is 5.91 Å². The Balaban J connectivity index is 1.32. The lowest BCUT2D eigenvalue weighted by atomic mass is 9.78. The second kappa shape index (κ2) is 9.04. The molecule has 1 amide bonds. The van der Waals surface area contributed by atoms with Gasteiger partial charge in [-0.1, -0.05) is 42.5 Å². The van der Waals surface area contributed by atoms with Crippen molar-refractivity contribution < 1.29 is 14.5 Å². The van der Waals surface area contributed by atoms with Crippen molar-refractivity contribution in [1.29, 1.82) is 0 Å². The van der Waals surface area contributed by atoms with Crippen molar-refractivity contribution in [2.24, 2.45) is 5.73 Å². The molecular weight excluding hydrogens is 439 g/mol. The highest BCUT2D eigenvalue weighted by Crippen LogP contribution is 2.38. The molecule has 0 bridgehead atoms. The summed E-state index contributed by atoms with van der Waals surface area (Å²) < 4.78 is 6.19. The van der Waals surface area contributed by atoms with Crippen LogP contribution in [-0.2, 0) is 17.8 Å². The van der Waals surface area contributed by atoms with Crippen LogP contribution < -0.4 is 11.2 Å². The Bertz CT molecular complexity index is 1160. The standard InChI is InChI=1S/C24H25BN2O3S2/c26-13-15-3-1-4-17(11-15)16-7-9-27(10-8-16)23(28)22-12-19(24(31)32-22)18-5-2-6-21-20(18)14-30-25(21)29/h1-6,11-12,16,29,31H,7-10,13-14,26H2. The van der Waals surface area contributed by atoms with Gasteiger partial charge in [0.2, 0.25) is 0 Å². The predicted octanol–water partition coefficient (Wildman–Crippen LogP) is 3.40. The van der Waals surface area contributed by atoms with E-state index in [1.165, 1.54) is 16.9 Å². The van der Waals surface area contributed by atoms with Crippen molar-refractivity contribution in [3.63, 3.8) is 0 Å². The summed E-state index contributed by atoms with van der Waals surface area (Å²) in [5, 5.41) is 10.0. The number of nitrogens with two attached hydrogens (primary N) is 1. The zero-order valence-corrected chi connectivity index (χ0v) is 19.4. The Kier molecular flexibility index (Phi) is 6.14.